The van der Waals surface area contributed by atoms with E-state index < -0.39 is 10.0 Å². The van der Waals surface area contributed by atoms with Crippen molar-refractivity contribution in [3.63, 3.8) is 0 Å². The Bertz CT molecular complexity index is 858. The normalized spacial score (nSPS) is 11.5. The summed E-state index contributed by atoms with van der Waals surface area (Å²) >= 11 is 0. The van der Waals surface area contributed by atoms with Gasteiger partial charge in [0.2, 0.25) is 10.0 Å². The summed E-state index contributed by atoms with van der Waals surface area (Å²) in [5, 5.41) is 2.83. The molecule has 24 heavy (non-hydrogen) atoms. The van der Waals surface area contributed by atoms with Crippen LogP contribution in [0.5, 0.6) is 0 Å². The third kappa shape index (κ3) is 4.43. The molecular formula is C18H22N2O3S. The second-order valence-corrected chi connectivity index (χ2v) is 7.79. The molecule has 2 rings (SSSR count). The summed E-state index contributed by atoms with van der Waals surface area (Å²) in [6.45, 7) is 7.34. The number of sulfonamides is 1. The van der Waals surface area contributed by atoms with Crippen LogP contribution in [-0.2, 0) is 10.0 Å². The molecule has 0 unspecified atom stereocenters. The molecule has 0 saturated carbocycles. The topological polar surface area (TPSA) is 75.3 Å². The van der Waals surface area contributed by atoms with E-state index in [9.17, 15) is 13.2 Å². The first kappa shape index (κ1) is 18.2. The highest BCUT2D eigenvalue weighted by Crippen LogP contribution is 2.18. The number of rotatable bonds is 5. The molecule has 0 aromatic heterocycles. The fourth-order valence-corrected chi connectivity index (χ4v) is 3.54. The number of amides is 1. The Balaban J connectivity index is 2.28. The second kappa shape index (κ2) is 7.15. The van der Waals surface area contributed by atoms with Crippen LogP contribution in [0.3, 0.4) is 0 Å². The Labute approximate surface area is 143 Å². The van der Waals surface area contributed by atoms with Gasteiger partial charge in [0.1, 0.15) is 0 Å². The van der Waals surface area contributed by atoms with Crippen molar-refractivity contribution >= 4 is 21.6 Å². The monoisotopic (exact) mass is 346 g/mol. The summed E-state index contributed by atoms with van der Waals surface area (Å²) in [4.78, 5) is 12.5. The molecule has 0 fully saturated rings. The molecule has 0 aliphatic carbocycles. The highest BCUT2D eigenvalue weighted by Gasteiger charge is 2.17. The van der Waals surface area contributed by atoms with Crippen LogP contribution in [0.2, 0.25) is 0 Å². The van der Waals surface area contributed by atoms with Gasteiger partial charge in [-0.3, -0.25) is 4.79 Å². The number of benzene rings is 2. The van der Waals surface area contributed by atoms with Crippen molar-refractivity contribution in [1.29, 1.82) is 0 Å². The van der Waals surface area contributed by atoms with Gasteiger partial charge in [0.15, 0.2) is 0 Å². The average Bonchev–Trinajstić information content (AvgIpc) is 2.50. The predicted molar refractivity (Wildman–Crippen MR) is 95.8 cm³/mol. The fraction of sp³-hybridized carbons (Fsp3) is 0.278. The van der Waals surface area contributed by atoms with E-state index in [4.69, 9.17) is 0 Å². The maximum atomic E-state index is 12.5. The maximum Gasteiger partial charge on any atom is 0.255 e. The van der Waals surface area contributed by atoms with Crippen molar-refractivity contribution in [3.8, 4) is 0 Å². The molecule has 2 aromatic rings. The molecule has 5 nitrogen and oxygen atoms in total. The minimum absolute atomic E-state index is 0.0739. The van der Waals surface area contributed by atoms with Crippen LogP contribution in [0.4, 0.5) is 5.69 Å². The van der Waals surface area contributed by atoms with Gasteiger partial charge in [-0.2, -0.15) is 0 Å². The lowest BCUT2D eigenvalue weighted by Crippen LogP contribution is -2.30. The Morgan fingerprint density at radius 2 is 1.75 bits per heavy atom. The average molecular weight is 346 g/mol. The third-order valence-corrected chi connectivity index (χ3v) is 5.09. The van der Waals surface area contributed by atoms with Gasteiger partial charge in [-0.1, -0.05) is 18.2 Å². The molecule has 0 bridgehead atoms. The lowest BCUT2D eigenvalue weighted by atomic mass is 10.1. The molecular weight excluding hydrogens is 324 g/mol. The van der Waals surface area contributed by atoms with Crippen molar-refractivity contribution < 1.29 is 13.2 Å². The zero-order valence-corrected chi connectivity index (χ0v) is 15.1. The fourth-order valence-electron chi connectivity index (χ4n) is 2.25. The zero-order chi connectivity index (χ0) is 17.9. The number of hydrogen-bond acceptors (Lipinski definition) is 3. The van der Waals surface area contributed by atoms with Gasteiger partial charge in [-0.15, -0.1) is 0 Å². The summed E-state index contributed by atoms with van der Waals surface area (Å²) in [6, 6.07) is 11.6. The molecule has 0 aliphatic heterocycles. The largest absolute Gasteiger partial charge is 0.322 e. The molecule has 0 spiro atoms. The Morgan fingerprint density at radius 1 is 1.04 bits per heavy atom. The molecule has 0 atom stereocenters. The number of aryl methyl sites for hydroxylation is 2. The highest BCUT2D eigenvalue weighted by molar-refractivity contribution is 7.89. The highest BCUT2D eigenvalue weighted by atomic mass is 32.2. The number of carbonyl (C=O) groups excluding carboxylic acids is 1. The minimum atomic E-state index is -3.63. The Hall–Kier alpha value is -2.18. The van der Waals surface area contributed by atoms with Gasteiger partial charge in [-0.25, -0.2) is 13.1 Å². The molecule has 1 amide bonds. The lowest BCUT2D eigenvalue weighted by molar-refractivity contribution is 0.102. The second-order valence-electron chi connectivity index (χ2n) is 6.08. The van der Waals surface area contributed by atoms with E-state index >= 15 is 0 Å². The van der Waals surface area contributed by atoms with E-state index in [0.717, 1.165) is 11.1 Å². The van der Waals surface area contributed by atoms with Crippen molar-refractivity contribution in [2.45, 2.75) is 38.6 Å². The summed E-state index contributed by atoms with van der Waals surface area (Å²) in [6.07, 6.45) is 0. The van der Waals surface area contributed by atoms with Gasteiger partial charge in [0.05, 0.1) is 4.90 Å². The summed E-state index contributed by atoms with van der Waals surface area (Å²) in [5.74, 6) is -0.342. The predicted octanol–water partition coefficient (Wildman–Crippen LogP) is 3.24. The summed E-state index contributed by atoms with van der Waals surface area (Å²) < 4.78 is 27.0. The van der Waals surface area contributed by atoms with Gasteiger partial charge >= 0.3 is 0 Å². The van der Waals surface area contributed by atoms with E-state index in [1.54, 1.807) is 26.0 Å². The first-order valence-electron chi connectivity index (χ1n) is 7.70. The van der Waals surface area contributed by atoms with E-state index in [2.05, 4.69) is 10.0 Å². The first-order chi connectivity index (χ1) is 11.2. The van der Waals surface area contributed by atoms with E-state index in [0.29, 0.717) is 11.3 Å². The molecule has 0 saturated heterocycles. The van der Waals surface area contributed by atoms with Crippen LogP contribution in [0.25, 0.3) is 0 Å². The smallest absolute Gasteiger partial charge is 0.255 e. The van der Waals surface area contributed by atoms with E-state index in [-0.39, 0.29) is 16.8 Å². The lowest BCUT2D eigenvalue weighted by Gasteiger charge is -2.12. The van der Waals surface area contributed by atoms with Gasteiger partial charge < -0.3 is 5.32 Å². The van der Waals surface area contributed by atoms with Crippen molar-refractivity contribution in [2.24, 2.45) is 0 Å². The quantitative estimate of drug-likeness (QED) is 0.873. The van der Waals surface area contributed by atoms with Crippen LogP contribution in [0, 0.1) is 13.8 Å². The standard InChI is InChI=1S/C18H22N2O3S/c1-12(2)20-24(22,23)16-7-5-6-15(11-16)18(21)19-17-10-13(3)8-9-14(17)4/h5-12,20H,1-4H3,(H,19,21). The number of carbonyl (C=O) groups is 1. The number of hydrogen-bond donors (Lipinski definition) is 2. The minimum Gasteiger partial charge on any atom is -0.322 e. The number of anilines is 1. The van der Waals surface area contributed by atoms with Crippen LogP contribution in [-0.4, -0.2) is 20.4 Å². The molecule has 128 valence electrons. The molecule has 0 radical (unpaired) electrons. The molecule has 6 heteroatoms. The van der Waals surface area contributed by atoms with Crippen LogP contribution in [0.15, 0.2) is 47.4 Å². The summed E-state index contributed by atoms with van der Waals surface area (Å²) in [5.41, 5.74) is 2.99. The van der Waals surface area contributed by atoms with Gasteiger partial charge in [-0.05, 0) is 63.1 Å². The van der Waals surface area contributed by atoms with E-state index in [1.807, 2.05) is 32.0 Å². The molecule has 0 aliphatic rings. The molecule has 2 N–H and O–H groups in total. The summed E-state index contributed by atoms with van der Waals surface area (Å²) in [7, 11) is -3.63. The molecule has 0 heterocycles. The van der Waals surface area contributed by atoms with Gasteiger partial charge in [0, 0.05) is 17.3 Å². The third-order valence-electron chi connectivity index (χ3n) is 3.44. The van der Waals surface area contributed by atoms with Crippen molar-refractivity contribution in [2.75, 3.05) is 5.32 Å². The van der Waals surface area contributed by atoms with E-state index in [1.165, 1.54) is 12.1 Å². The Kier molecular flexibility index (Phi) is 5.41. The van der Waals surface area contributed by atoms with Crippen molar-refractivity contribution in [1.82, 2.24) is 4.72 Å². The Morgan fingerprint density at radius 3 is 2.42 bits per heavy atom. The van der Waals surface area contributed by atoms with Crippen LogP contribution < -0.4 is 10.0 Å². The maximum absolute atomic E-state index is 12.5. The van der Waals surface area contributed by atoms with Crippen molar-refractivity contribution in [3.05, 3.63) is 59.2 Å². The van der Waals surface area contributed by atoms with Crippen LogP contribution in [0.1, 0.15) is 35.3 Å². The number of nitrogens with one attached hydrogen (secondary N) is 2. The SMILES string of the molecule is Cc1ccc(C)c(NC(=O)c2cccc(S(=O)(=O)NC(C)C)c2)c1. The van der Waals surface area contributed by atoms with Crippen LogP contribution >= 0.6 is 0 Å². The molecule has 2 aromatic carbocycles. The zero-order valence-electron chi connectivity index (χ0n) is 14.3. The first-order valence-corrected chi connectivity index (χ1v) is 9.18. The van der Waals surface area contributed by atoms with Gasteiger partial charge in [0.25, 0.3) is 5.91 Å².